The van der Waals surface area contributed by atoms with Crippen LogP contribution in [0.25, 0.3) is 21.9 Å². The van der Waals surface area contributed by atoms with Crippen LogP contribution >= 0.6 is 0 Å². The number of hydrogen-bond acceptors (Lipinski definition) is 9. The molecule has 3 aromatic carbocycles. The number of phenolic OH excluding ortho intramolecular Hbond substituents is 1. The van der Waals surface area contributed by atoms with E-state index in [2.05, 4.69) is 0 Å². The number of ketones is 2. The lowest BCUT2D eigenvalue weighted by Gasteiger charge is -2.50. The van der Waals surface area contributed by atoms with Gasteiger partial charge >= 0.3 is 0 Å². The average molecular weight is 571 g/mol. The second-order valence-electron chi connectivity index (χ2n) is 11.4. The molecule has 0 aromatic heterocycles. The topological polar surface area (TPSA) is 171 Å². The molecule has 0 saturated carbocycles. The molecule has 216 valence electrons. The van der Waals surface area contributed by atoms with Gasteiger partial charge in [0.25, 0.3) is 5.91 Å². The van der Waals surface area contributed by atoms with E-state index in [1.165, 1.54) is 4.90 Å². The fourth-order valence-electron chi connectivity index (χ4n) is 7.00. The number of aliphatic hydroxyl groups is 3. The molecule has 0 heterocycles. The monoisotopic (exact) mass is 570 g/mol. The number of carbonyl (C=O) groups is 3. The molecule has 0 fully saturated rings. The van der Waals surface area contributed by atoms with Crippen LogP contribution in [0.4, 0.5) is 0 Å². The van der Waals surface area contributed by atoms with Crippen molar-refractivity contribution in [2.45, 2.75) is 24.5 Å². The summed E-state index contributed by atoms with van der Waals surface area (Å²) in [5.41, 5.74) is 3.86. The first kappa shape index (κ1) is 27.5. The predicted octanol–water partition coefficient (Wildman–Crippen LogP) is 2.95. The molecule has 0 radical (unpaired) electrons. The van der Waals surface area contributed by atoms with Crippen LogP contribution in [0.15, 0.2) is 71.2 Å². The van der Waals surface area contributed by atoms with E-state index in [-0.39, 0.29) is 29.7 Å². The highest BCUT2D eigenvalue weighted by Gasteiger charge is 2.63. The van der Waals surface area contributed by atoms with Crippen molar-refractivity contribution >= 4 is 28.2 Å². The SMILES string of the molecule is COc1cccc(-c2ccc3cc4c(c(O)c3c2)C(=O)C2=C(O)[C@]3(O)C(=O)C(C(N)=O)=C(O)[C@@H](N(C)C)[C@@H]3C[C@@H]2C4)c1. The van der Waals surface area contributed by atoms with Crippen LogP contribution in [0.3, 0.4) is 0 Å². The number of benzene rings is 3. The number of aliphatic hydroxyl groups excluding tert-OH is 2. The number of fused-ring (bicyclic) bond motifs is 4. The molecular weight excluding hydrogens is 540 g/mol. The molecule has 3 aliphatic carbocycles. The van der Waals surface area contributed by atoms with Crippen LogP contribution in [-0.4, -0.2) is 75.6 Å². The number of carbonyl (C=O) groups excluding carboxylic acids is 3. The molecule has 4 atom stereocenters. The molecule has 10 heteroatoms. The van der Waals surface area contributed by atoms with Gasteiger partial charge in [-0.1, -0.05) is 30.3 Å². The molecule has 6 rings (SSSR count). The van der Waals surface area contributed by atoms with Crippen molar-refractivity contribution in [2.75, 3.05) is 21.2 Å². The van der Waals surface area contributed by atoms with Gasteiger partial charge in [0.1, 0.15) is 28.6 Å². The highest BCUT2D eigenvalue weighted by molar-refractivity contribution is 6.25. The Morgan fingerprint density at radius 2 is 1.76 bits per heavy atom. The molecule has 1 amide bonds. The van der Waals surface area contributed by atoms with Crippen LogP contribution in [0.1, 0.15) is 22.3 Å². The predicted molar refractivity (Wildman–Crippen MR) is 153 cm³/mol. The lowest BCUT2D eigenvalue weighted by atomic mass is 9.58. The normalized spacial score (nSPS) is 25.4. The minimum Gasteiger partial charge on any atom is -0.510 e. The summed E-state index contributed by atoms with van der Waals surface area (Å²) >= 11 is 0. The van der Waals surface area contributed by atoms with Gasteiger partial charge in [-0.15, -0.1) is 0 Å². The number of amides is 1. The van der Waals surface area contributed by atoms with Crippen LogP contribution in [0.5, 0.6) is 11.5 Å². The second-order valence-corrected chi connectivity index (χ2v) is 11.4. The van der Waals surface area contributed by atoms with E-state index < -0.39 is 58.0 Å². The maximum Gasteiger partial charge on any atom is 0.255 e. The number of methoxy groups -OCH3 is 1. The maximum absolute atomic E-state index is 14.0. The first-order valence-corrected chi connectivity index (χ1v) is 13.5. The van der Waals surface area contributed by atoms with Crippen LogP contribution in [0.2, 0.25) is 0 Å². The van der Waals surface area contributed by atoms with Gasteiger partial charge in [0.2, 0.25) is 5.78 Å². The zero-order valence-electron chi connectivity index (χ0n) is 23.2. The van der Waals surface area contributed by atoms with Gasteiger partial charge in [0.05, 0.1) is 18.7 Å². The molecular formula is C32H30N2O8. The van der Waals surface area contributed by atoms with Crippen molar-refractivity contribution < 1.29 is 39.5 Å². The summed E-state index contributed by atoms with van der Waals surface area (Å²) in [6, 6.07) is 13.7. The van der Waals surface area contributed by atoms with Gasteiger partial charge in [-0.25, -0.2) is 0 Å². The lowest BCUT2D eigenvalue weighted by molar-refractivity contribution is -0.148. The Morgan fingerprint density at radius 1 is 1.05 bits per heavy atom. The summed E-state index contributed by atoms with van der Waals surface area (Å²) in [7, 11) is 4.76. The van der Waals surface area contributed by atoms with Crippen molar-refractivity contribution in [3.63, 3.8) is 0 Å². The van der Waals surface area contributed by atoms with Crippen molar-refractivity contribution in [3.8, 4) is 22.6 Å². The number of nitrogens with two attached hydrogens (primary N) is 1. The quantitative estimate of drug-likeness (QED) is 0.296. The average Bonchev–Trinajstić information content (AvgIpc) is 2.94. The summed E-state index contributed by atoms with van der Waals surface area (Å²) in [6.45, 7) is 0. The Labute approximate surface area is 240 Å². The number of ether oxygens (including phenoxy) is 1. The number of Topliss-reactive ketones (excluding diaryl/α,β-unsaturated/α-hetero) is 2. The minimum absolute atomic E-state index is 0.0222. The lowest BCUT2D eigenvalue weighted by Crippen LogP contribution is -2.63. The minimum atomic E-state index is -2.67. The summed E-state index contributed by atoms with van der Waals surface area (Å²) < 4.78 is 5.32. The van der Waals surface area contributed by atoms with Gasteiger partial charge in [0.15, 0.2) is 11.4 Å². The molecule has 3 aromatic rings. The van der Waals surface area contributed by atoms with Crippen molar-refractivity contribution in [1.29, 1.82) is 0 Å². The molecule has 0 aliphatic heterocycles. The van der Waals surface area contributed by atoms with E-state index in [1.807, 2.05) is 42.5 Å². The van der Waals surface area contributed by atoms with Gasteiger partial charge in [-0.2, -0.15) is 0 Å². The van der Waals surface area contributed by atoms with E-state index in [4.69, 9.17) is 10.5 Å². The molecule has 42 heavy (non-hydrogen) atoms. The van der Waals surface area contributed by atoms with Crippen molar-refractivity contribution in [3.05, 3.63) is 82.3 Å². The third-order valence-corrected chi connectivity index (χ3v) is 8.93. The fourth-order valence-corrected chi connectivity index (χ4v) is 7.00. The smallest absolute Gasteiger partial charge is 0.255 e. The highest BCUT2D eigenvalue weighted by Crippen LogP contribution is 2.53. The number of aromatic hydroxyl groups is 1. The summed E-state index contributed by atoms with van der Waals surface area (Å²) in [5, 5.41) is 46.7. The maximum atomic E-state index is 14.0. The number of allylic oxidation sites excluding steroid dienone is 1. The first-order chi connectivity index (χ1) is 19.9. The molecule has 0 saturated heterocycles. The van der Waals surface area contributed by atoms with E-state index in [0.29, 0.717) is 22.1 Å². The van der Waals surface area contributed by atoms with Crippen LogP contribution in [-0.2, 0) is 16.0 Å². The Balaban J connectivity index is 1.51. The molecule has 0 unspecified atom stereocenters. The van der Waals surface area contributed by atoms with Gasteiger partial charge in [0, 0.05) is 16.9 Å². The largest absolute Gasteiger partial charge is 0.510 e. The number of phenols is 1. The number of primary amides is 1. The number of rotatable bonds is 4. The Kier molecular flexibility index (Phi) is 6.18. The number of hydrogen-bond donors (Lipinski definition) is 5. The Morgan fingerprint density at radius 3 is 2.43 bits per heavy atom. The van der Waals surface area contributed by atoms with E-state index >= 15 is 0 Å². The molecule has 10 nitrogen and oxygen atoms in total. The van der Waals surface area contributed by atoms with Gasteiger partial charge < -0.3 is 30.9 Å². The molecule has 0 bridgehead atoms. The van der Waals surface area contributed by atoms with Gasteiger partial charge in [-0.3, -0.25) is 19.3 Å². The number of nitrogens with zero attached hydrogens (tertiary/aromatic N) is 1. The van der Waals surface area contributed by atoms with Crippen LogP contribution < -0.4 is 10.5 Å². The highest BCUT2D eigenvalue weighted by atomic mass is 16.5. The zero-order chi connectivity index (χ0) is 30.2. The summed E-state index contributed by atoms with van der Waals surface area (Å²) in [5.74, 6) is -6.01. The Hall–Kier alpha value is -4.67. The molecule has 3 aliphatic rings. The third kappa shape index (κ3) is 3.68. The number of likely N-dealkylation sites (N-methyl/N-ethyl adjacent to an activating group) is 1. The molecule has 0 spiro atoms. The Bertz CT molecular complexity index is 1790. The van der Waals surface area contributed by atoms with E-state index in [9.17, 15) is 34.8 Å². The van der Waals surface area contributed by atoms with E-state index in [1.54, 1.807) is 27.3 Å². The fraction of sp³-hybridized carbons (Fsp3) is 0.281. The van der Waals surface area contributed by atoms with Crippen molar-refractivity contribution in [1.82, 2.24) is 4.90 Å². The van der Waals surface area contributed by atoms with Crippen LogP contribution in [0, 0.1) is 11.8 Å². The second kappa shape index (κ2) is 9.43. The third-order valence-electron chi connectivity index (χ3n) is 8.93. The van der Waals surface area contributed by atoms with E-state index in [0.717, 1.165) is 11.1 Å². The zero-order valence-corrected chi connectivity index (χ0v) is 23.2. The molecule has 6 N–H and O–H groups in total. The van der Waals surface area contributed by atoms with Gasteiger partial charge in [-0.05, 0) is 73.1 Å². The summed E-state index contributed by atoms with van der Waals surface area (Å²) in [4.78, 5) is 41.1. The first-order valence-electron chi connectivity index (χ1n) is 13.5. The summed E-state index contributed by atoms with van der Waals surface area (Å²) in [6.07, 6.45) is 0.273. The standard InChI is InChI=1S/C32H30N2O8/c1-34(2)25-21-13-18-10-17-9-16-8-7-15(14-5-4-6-19(11-14)42-3)12-20(16)26(35)22(17)27(36)23(18)29(38)32(21,41)30(39)24(28(25)37)31(33)40/h4-9,11-12,18,21,25,35,37-38,41H,10,13H2,1-3H3,(H2,33,40)/t18-,21-,25-,32-/m0/s1. The van der Waals surface area contributed by atoms with Crippen molar-refractivity contribution in [2.24, 2.45) is 17.6 Å².